The molecule has 2 aromatic rings. The van der Waals surface area contributed by atoms with Gasteiger partial charge in [-0.15, -0.1) is 0 Å². The number of hydrogen-bond donors (Lipinski definition) is 1. The van der Waals surface area contributed by atoms with E-state index in [-0.39, 0.29) is 12.5 Å². The van der Waals surface area contributed by atoms with Crippen LogP contribution in [-0.2, 0) is 4.79 Å². The highest BCUT2D eigenvalue weighted by Crippen LogP contribution is 2.18. The molecular weight excluding hydrogens is 280 g/mol. The van der Waals surface area contributed by atoms with E-state index in [4.69, 9.17) is 9.15 Å². The average Bonchev–Trinajstić information content (AvgIpc) is 2.99. The molecule has 0 radical (unpaired) electrons. The number of hydrazone groups is 1. The zero-order valence-corrected chi connectivity index (χ0v) is 12.6. The molecule has 0 saturated carbocycles. The smallest absolute Gasteiger partial charge is 0.277 e. The second-order valence-electron chi connectivity index (χ2n) is 4.75. The summed E-state index contributed by atoms with van der Waals surface area (Å²) in [7, 11) is 0. The van der Waals surface area contributed by atoms with Crippen LogP contribution in [-0.4, -0.2) is 18.7 Å². The number of rotatable bonds is 6. The summed E-state index contributed by atoms with van der Waals surface area (Å²) in [5.41, 5.74) is 4.54. The Hall–Kier alpha value is -2.82. The van der Waals surface area contributed by atoms with E-state index < -0.39 is 0 Å². The van der Waals surface area contributed by atoms with Crippen LogP contribution in [0.2, 0.25) is 0 Å². The Morgan fingerprint density at radius 2 is 2.23 bits per heavy atom. The Labute approximate surface area is 129 Å². The monoisotopic (exact) mass is 298 g/mol. The van der Waals surface area contributed by atoms with Crippen LogP contribution in [0, 0.1) is 13.8 Å². The first-order valence-corrected chi connectivity index (χ1v) is 6.87. The third-order valence-electron chi connectivity index (χ3n) is 2.84. The van der Waals surface area contributed by atoms with Gasteiger partial charge < -0.3 is 9.15 Å². The summed E-state index contributed by atoms with van der Waals surface area (Å²) in [6, 6.07) is 9.42. The first kappa shape index (κ1) is 15.6. The van der Waals surface area contributed by atoms with Gasteiger partial charge in [0.1, 0.15) is 11.5 Å². The third-order valence-corrected chi connectivity index (χ3v) is 2.84. The van der Waals surface area contributed by atoms with Gasteiger partial charge in [0.25, 0.3) is 5.91 Å². The maximum absolute atomic E-state index is 11.6. The van der Waals surface area contributed by atoms with Gasteiger partial charge in [-0.25, -0.2) is 5.43 Å². The van der Waals surface area contributed by atoms with Gasteiger partial charge in [0.05, 0.1) is 6.26 Å². The van der Waals surface area contributed by atoms with E-state index in [0.29, 0.717) is 5.75 Å². The van der Waals surface area contributed by atoms with Crippen molar-refractivity contribution in [3.05, 3.63) is 59.6 Å². The van der Waals surface area contributed by atoms with Crippen molar-refractivity contribution in [2.75, 3.05) is 6.61 Å². The van der Waals surface area contributed by atoms with Gasteiger partial charge in [-0.2, -0.15) is 5.10 Å². The predicted octanol–water partition coefficient (Wildman–Crippen LogP) is 3.09. The highest BCUT2D eigenvalue weighted by atomic mass is 16.5. The van der Waals surface area contributed by atoms with Crippen LogP contribution in [0.4, 0.5) is 0 Å². The number of ether oxygens (including phenoxy) is 1. The Morgan fingerprint density at radius 1 is 1.36 bits per heavy atom. The zero-order chi connectivity index (χ0) is 15.8. The van der Waals surface area contributed by atoms with E-state index in [1.54, 1.807) is 24.5 Å². The number of amides is 1. The van der Waals surface area contributed by atoms with Gasteiger partial charge in [-0.1, -0.05) is 17.7 Å². The minimum atomic E-state index is -0.317. The molecule has 0 aliphatic carbocycles. The van der Waals surface area contributed by atoms with Crippen LogP contribution in [0.25, 0.3) is 6.08 Å². The quantitative estimate of drug-likeness (QED) is 0.658. The molecule has 0 aliphatic rings. The number of aryl methyl sites for hydroxylation is 2. The van der Waals surface area contributed by atoms with Crippen molar-refractivity contribution in [2.45, 2.75) is 13.8 Å². The van der Waals surface area contributed by atoms with E-state index in [9.17, 15) is 4.79 Å². The fourth-order valence-corrected chi connectivity index (χ4v) is 1.81. The van der Waals surface area contributed by atoms with Gasteiger partial charge in [-0.3, -0.25) is 4.79 Å². The molecule has 0 spiro atoms. The summed E-state index contributed by atoms with van der Waals surface area (Å²) in [6.45, 7) is 3.87. The van der Waals surface area contributed by atoms with Gasteiger partial charge in [-0.05, 0) is 49.8 Å². The molecule has 5 heteroatoms. The minimum absolute atomic E-state index is 0.0802. The van der Waals surface area contributed by atoms with Gasteiger partial charge in [0.2, 0.25) is 0 Å². The lowest BCUT2D eigenvalue weighted by atomic mass is 10.1. The Morgan fingerprint density at radius 3 is 2.95 bits per heavy atom. The summed E-state index contributed by atoms with van der Waals surface area (Å²) < 4.78 is 10.6. The third kappa shape index (κ3) is 4.94. The van der Waals surface area contributed by atoms with Gasteiger partial charge in [0, 0.05) is 6.21 Å². The second-order valence-corrected chi connectivity index (χ2v) is 4.75. The molecule has 0 unspecified atom stereocenters. The topological polar surface area (TPSA) is 63.8 Å². The number of nitrogens with one attached hydrogen (secondary N) is 1. The van der Waals surface area contributed by atoms with Crippen molar-refractivity contribution in [1.82, 2.24) is 5.43 Å². The second kappa shape index (κ2) is 7.83. The van der Waals surface area contributed by atoms with Gasteiger partial charge in [0.15, 0.2) is 6.61 Å². The molecule has 1 N–H and O–H groups in total. The summed E-state index contributed by atoms with van der Waals surface area (Å²) in [6.07, 6.45) is 6.46. The minimum Gasteiger partial charge on any atom is -0.483 e. The number of carbonyl (C=O) groups excluding carboxylic acids is 1. The van der Waals surface area contributed by atoms with E-state index in [2.05, 4.69) is 10.5 Å². The number of nitrogens with zero attached hydrogens (tertiary/aromatic N) is 1. The molecule has 0 atom stereocenters. The molecule has 1 aromatic carbocycles. The van der Waals surface area contributed by atoms with Crippen LogP contribution in [0.1, 0.15) is 16.9 Å². The Balaban J connectivity index is 1.73. The van der Waals surface area contributed by atoms with E-state index in [1.165, 1.54) is 6.21 Å². The molecule has 0 fully saturated rings. The van der Waals surface area contributed by atoms with E-state index in [0.717, 1.165) is 16.9 Å². The lowest BCUT2D eigenvalue weighted by Gasteiger charge is -2.08. The first-order valence-electron chi connectivity index (χ1n) is 6.87. The predicted molar refractivity (Wildman–Crippen MR) is 85.8 cm³/mol. The fourth-order valence-electron chi connectivity index (χ4n) is 1.81. The first-order chi connectivity index (χ1) is 10.6. The number of allylic oxidation sites excluding steroid dienone is 1. The molecular formula is C17H18N2O3. The fraction of sp³-hybridized carbons (Fsp3) is 0.176. The van der Waals surface area contributed by atoms with Crippen LogP contribution < -0.4 is 10.2 Å². The molecule has 2 rings (SSSR count). The summed E-state index contributed by atoms with van der Waals surface area (Å²) in [4.78, 5) is 11.6. The molecule has 1 aromatic heterocycles. The molecule has 0 bridgehead atoms. The van der Waals surface area contributed by atoms with E-state index in [1.807, 2.05) is 38.1 Å². The lowest BCUT2D eigenvalue weighted by molar-refractivity contribution is -0.123. The van der Waals surface area contributed by atoms with Crippen molar-refractivity contribution >= 4 is 18.2 Å². The summed E-state index contributed by atoms with van der Waals surface area (Å²) in [5, 5.41) is 3.79. The van der Waals surface area contributed by atoms with Crippen molar-refractivity contribution in [1.29, 1.82) is 0 Å². The van der Waals surface area contributed by atoms with Crippen LogP contribution in [0.3, 0.4) is 0 Å². The molecule has 0 saturated heterocycles. The molecule has 114 valence electrons. The van der Waals surface area contributed by atoms with E-state index >= 15 is 0 Å². The molecule has 22 heavy (non-hydrogen) atoms. The standard InChI is InChI=1S/C17H18N2O3/c1-13-7-8-16(14(2)11-13)22-12-17(20)19-18-9-3-5-15-6-4-10-21-15/h3-11H,12H2,1-2H3,(H,19,20)/b5-3+,18-9-. The number of hydrogen-bond acceptors (Lipinski definition) is 4. The molecule has 1 amide bonds. The van der Waals surface area contributed by atoms with Crippen LogP contribution in [0.15, 0.2) is 52.2 Å². The lowest BCUT2D eigenvalue weighted by Crippen LogP contribution is -2.24. The number of benzene rings is 1. The van der Waals surface area contributed by atoms with Gasteiger partial charge >= 0.3 is 0 Å². The summed E-state index contributed by atoms with van der Waals surface area (Å²) >= 11 is 0. The SMILES string of the molecule is Cc1ccc(OCC(=O)N/N=C\C=C\c2ccco2)c(C)c1. The zero-order valence-electron chi connectivity index (χ0n) is 12.6. The van der Waals surface area contributed by atoms with Crippen LogP contribution >= 0.6 is 0 Å². The van der Waals surface area contributed by atoms with Crippen LogP contribution in [0.5, 0.6) is 5.75 Å². The largest absolute Gasteiger partial charge is 0.483 e. The van der Waals surface area contributed by atoms with Crippen molar-refractivity contribution in [3.63, 3.8) is 0 Å². The highest BCUT2D eigenvalue weighted by molar-refractivity contribution is 5.81. The van der Waals surface area contributed by atoms with Crippen molar-refractivity contribution in [3.8, 4) is 5.75 Å². The molecule has 0 aliphatic heterocycles. The number of furan rings is 1. The summed E-state index contributed by atoms with van der Waals surface area (Å²) in [5.74, 6) is 1.10. The Bertz CT molecular complexity index is 673. The maximum Gasteiger partial charge on any atom is 0.277 e. The highest BCUT2D eigenvalue weighted by Gasteiger charge is 2.03. The molecule has 1 heterocycles. The number of carbonyl (C=O) groups is 1. The molecule has 5 nitrogen and oxygen atoms in total. The van der Waals surface area contributed by atoms with Crippen molar-refractivity contribution < 1.29 is 13.9 Å². The average molecular weight is 298 g/mol. The maximum atomic E-state index is 11.6. The Kier molecular flexibility index (Phi) is 5.54. The normalized spacial score (nSPS) is 11.2. The van der Waals surface area contributed by atoms with Crippen molar-refractivity contribution in [2.24, 2.45) is 5.10 Å².